The van der Waals surface area contributed by atoms with Gasteiger partial charge in [0.15, 0.2) is 0 Å². The predicted octanol–water partition coefficient (Wildman–Crippen LogP) is 8.66. The zero-order valence-electron chi connectivity index (χ0n) is 20.3. The Morgan fingerprint density at radius 1 is 0.632 bits per heavy atom. The SMILES string of the molecule is c1ccc(-c2cnn(-c3cccc(Oc4ccc5c(c4)N(c4ccccn4)c4ccccc4S5)c3)c2)cc1. The van der Waals surface area contributed by atoms with Crippen LogP contribution < -0.4 is 9.64 Å². The first-order valence-corrected chi connectivity index (χ1v) is 13.1. The van der Waals surface area contributed by atoms with Gasteiger partial charge in [-0.25, -0.2) is 9.67 Å². The molecule has 0 fully saturated rings. The molecule has 38 heavy (non-hydrogen) atoms. The monoisotopic (exact) mass is 510 g/mol. The Balaban J connectivity index is 1.21. The summed E-state index contributed by atoms with van der Waals surface area (Å²) < 4.78 is 8.25. The van der Waals surface area contributed by atoms with E-state index >= 15 is 0 Å². The van der Waals surface area contributed by atoms with Crippen LogP contribution in [0.1, 0.15) is 0 Å². The van der Waals surface area contributed by atoms with Crippen LogP contribution in [-0.4, -0.2) is 14.8 Å². The molecule has 3 heterocycles. The average Bonchev–Trinajstić information content (AvgIpc) is 3.48. The number of nitrogens with zero attached hydrogens (tertiary/aromatic N) is 4. The number of rotatable bonds is 5. The summed E-state index contributed by atoms with van der Waals surface area (Å²) in [4.78, 5) is 9.19. The maximum absolute atomic E-state index is 6.37. The fraction of sp³-hybridized carbons (Fsp3) is 0. The Morgan fingerprint density at radius 2 is 1.45 bits per heavy atom. The van der Waals surface area contributed by atoms with E-state index in [4.69, 9.17) is 4.74 Å². The van der Waals surface area contributed by atoms with Crippen molar-refractivity contribution in [3.05, 3.63) is 134 Å². The Morgan fingerprint density at radius 3 is 2.34 bits per heavy atom. The number of aromatic nitrogens is 3. The summed E-state index contributed by atoms with van der Waals surface area (Å²) in [5, 5.41) is 4.58. The van der Waals surface area contributed by atoms with Crippen LogP contribution in [0.3, 0.4) is 0 Å². The molecule has 182 valence electrons. The van der Waals surface area contributed by atoms with Crippen LogP contribution in [0.4, 0.5) is 17.2 Å². The van der Waals surface area contributed by atoms with Crippen LogP contribution in [0.15, 0.2) is 144 Å². The van der Waals surface area contributed by atoms with E-state index in [-0.39, 0.29) is 0 Å². The summed E-state index contributed by atoms with van der Waals surface area (Å²) >= 11 is 1.76. The molecule has 0 amide bonds. The third kappa shape index (κ3) is 4.21. The highest BCUT2D eigenvalue weighted by atomic mass is 32.2. The summed E-state index contributed by atoms with van der Waals surface area (Å²) in [6.45, 7) is 0. The molecule has 0 radical (unpaired) electrons. The Hall–Kier alpha value is -4.81. The van der Waals surface area contributed by atoms with E-state index in [0.717, 1.165) is 50.4 Å². The topological polar surface area (TPSA) is 43.2 Å². The summed E-state index contributed by atoms with van der Waals surface area (Å²) in [6, 6.07) is 38.8. The molecule has 0 unspecified atom stereocenters. The van der Waals surface area contributed by atoms with Crippen molar-refractivity contribution in [2.75, 3.05) is 4.90 Å². The number of fused-ring (bicyclic) bond motifs is 2. The Labute approximate surface area is 225 Å². The molecule has 0 bridgehead atoms. The first-order valence-electron chi connectivity index (χ1n) is 12.3. The van der Waals surface area contributed by atoms with E-state index in [2.05, 4.69) is 63.5 Å². The lowest BCUT2D eigenvalue weighted by atomic mass is 10.1. The number of hydrogen-bond donors (Lipinski definition) is 0. The third-order valence-corrected chi connectivity index (χ3v) is 7.51. The molecule has 0 N–H and O–H groups in total. The van der Waals surface area contributed by atoms with Gasteiger partial charge in [-0.2, -0.15) is 5.10 Å². The first-order chi connectivity index (χ1) is 18.8. The van der Waals surface area contributed by atoms with Gasteiger partial charge in [-0.15, -0.1) is 0 Å². The van der Waals surface area contributed by atoms with Crippen LogP contribution in [0.5, 0.6) is 11.5 Å². The first kappa shape index (κ1) is 22.4. The van der Waals surface area contributed by atoms with Crippen molar-refractivity contribution in [3.63, 3.8) is 0 Å². The minimum Gasteiger partial charge on any atom is -0.457 e. The summed E-state index contributed by atoms with van der Waals surface area (Å²) in [5.41, 5.74) is 5.29. The quantitative estimate of drug-likeness (QED) is 0.232. The molecule has 6 heteroatoms. The van der Waals surface area contributed by atoms with Crippen molar-refractivity contribution in [3.8, 4) is 28.3 Å². The number of para-hydroxylation sites is 1. The zero-order chi connectivity index (χ0) is 25.3. The fourth-order valence-corrected chi connectivity index (χ4v) is 5.64. The van der Waals surface area contributed by atoms with Gasteiger partial charge in [0.1, 0.15) is 17.3 Å². The molecular formula is C32H22N4OS. The molecule has 0 aliphatic carbocycles. The van der Waals surface area contributed by atoms with E-state index in [9.17, 15) is 0 Å². The smallest absolute Gasteiger partial charge is 0.137 e. The predicted molar refractivity (Wildman–Crippen MR) is 152 cm³/mol. The van der Waals surface area contributed by atoms with E-state index in [1.807, 2.05) is 90.0 Å². The molecule has 5 nitrogen and oxygen atoms in total. The summed E-state index contributed by atoms with van der Waals surface area (Å²) in [5.74, 6) is 2.37. The number of pyridine rings is 1. The van der Waals surface area contributed by atoms with Crippen LogP contribution >= 0.6 is 11.8 Å². The number of benzene rings is 4. The van der Waals surface area contributed by atoms with Gasteiger partial charge in [0.2, 0.25) is 0 Å². The summed E-state index contributed by atoms with van der Waals surface area (Å²) in [7, 11) is 0. The maximum Gasteiger partial charge on any atom is 0.137 e. The van der Waals surface area contributed by atoms with Crippen LogP contribution in [-0.2, 0) is 0 Å². The highest BCUT2D eigenvalue weighted by Gasteiger charge is 2.26. The molecule has 2 aromatic heterocycles. The third-order valence-electron chi connectivity index (χ3n) is 6.38. The highest BCUT2D eigenvalue weighted by molar-refractivity contribution is 7.99. The van der Waals surface area contributed by atoms with Crippen molar-refractivity contribution in [2.24, 2.45) is 0 Å². The molecule has 6 aromatic rings. The van der Waals surface area contributed by atoms with Crippen molar-refractivity contribution in [1.29, 1.82) is 0 Å². The lowest BCUT2D eigenvalue weighted by Gasteiger charge is -2.32. The van der Waals surface area contributed by atoms with Gasteiger partial charge < -0.3 is 4.74 Å². The molecule has 7 rings (SSSR count). The van der Waals surface area contributed by atoms with Crippen LogP contribution in [0.25, 0.3) is 16.8 Å². The van der Waals surface area contributed by atoms with Gasteiger partial charge in [0.25, 0.3) is 0 Å². The number of hydrogen-bond acceptors (Lipinski definition) is 5. The summed E-state index contributed by atoms with van der Waals surface area (Å²) in [6.07, 6.45) is 5.74. The Bertz CT molecular complexity index is 1730. The van der Waals surface area contributed by atoms with Crippen LogP contribution in [0, 0.1) is 0 Å². The van der Waals surface area contributed by atoms with E-state index in [1.165, 1.54) is 4.90 Å². The van der Waals surface area contributed by atoms with Gasteiger partial charge >= 0.3 is 0 Å². The fourth-order valence-electron chi connectivity index (χ4n) is 4.60. The van der Waals surface area contributed by atoms with Crippen LogP contribution in [0.2, 0.25) is 0 Å². The second-order valence-corrected chi connectivity index (χ2v) is 9.95. The molecule has 1 aliphatic rings. The lowest BCUT2D eigenvalue weighted by molar-refractivity contribution is 0.482. The number of anilines is 3. The molecule has 1 aliphatic heterocycles. The zero-order valence-corrected chi connectivity index (χ0v) is 21.1. The average molecular weight is 511 g/mol. The van der Waals surface area contributed by atoms with E-state index in [1.54, 1.807) is 11.8 Å². The minimum absolute atomic E-state index is 0.743. The van der Waals surface area contributed by atoms with Gasteiger partial charge in [-0.05, 0) is 54.1 Å². The molecule has 0 spiro atoms. The van der Waals surface area contributed by atoms with Gasteiger partial charge in [0, 0.05) is 39.9 Å². The standard InChI is InChI=1S/C32H22N4OS/c1-2-9-23(10-3-1)24-21-34-35(22-24)25-11-8-12-26(19-25)37-27-16-17-31-29(20-27)36(32-15-6-7-18-33-32)28-13-4-5-14-30(28)38-31/h1-22H. The highest BCUT2D eigenvalue weighted by Crippen LogP contribution is 2.51. The molecule has 0 atom stereocenters. The molecule has 0 saturated carbocycles. The lowest BCUT2D eigenvalue weighted by Crippen LogP contribution is -2.15. The van der Waals surface area contributed by atoms with E-state index < -0.39 is 0 Å². The van der Waals surface area contributed by atoms with Gasteiger partial charge in [-0.1, -0.05) is 66.4 Å². The van der Waals surface area contributed by atoms with Crippen molar-refractivity contribution < 1.29 is 4.74 Å². The maximum atomic E-state index is 6.37. The second kappa shape index (κ2) is 9.57. The second-order valence-electron chi connectivity index (χ2n) is 8.86. The number of ether oxygens (including phenoxy) is 1. The Kier molecular flexibility index (Phi) is 5.64. The normalized spacial score (nSPS) is 12.1. The molecular weight excluding hydrogens is 488 g/mol. The largest absolute Gasteiger partial charge is 0.457 e. The van der Waals surface area contributed by atoms with Gasteiger partial charge in [-0.3, -0.25) is 4.90 Å². The molecule has 4 aromatic carbocycles. The van der Waals surface area contributed by atoms with E-state index in [0.29, 0.717) is 0 Å². The minimum atomic E-state index is 0.743. The molecule has 0 saturated heterocycles. The van der Waals surface area contributed by atoms with Crippen molar-refractivity contribution in [1.82, 2.24) is 14.8 Å². The van der Waals surface area contributed by atoms with Crippen molar-refractivity contribution >= 4 is 29.0 Å². The van der Waals surface area contributed by atoms with Gasteiger partial charge in [0.05, 0.1) is 23.3 Å². The van der Waals surface area contributed by atoms with Crippen molar-refractivity contribution in [2.45, 2.75) is 9.79 Å².